The van der Waals surface area contributed by atoms with Crippen LogP contribution in [0.3, 0.4) is 0 Å². The van der Waals surface area contributed by atoms with Gasteiger partial charge in [0.1, 0.15) is 12.1 Å². The van der Waals surface area contributed by atoms with Gasteiger partial charge in [0.25, 0.3) is 0 Å². The summed E-state index contributed by atoms with van der Waals surface area (Å²) in [6.45, 7) is 4.70. The monoisotopic (exact) mass is 388 g/mol. The molecule has 0 aliphatic carbocycles. The van der Waals surface area contributed by atoms with Crippen LogP contribution in [-0.4, -0.2) is 25.9 Å². The first-order valence-corrected chi connectivity index (χ1v) is 9.82. The van der Waals surface area contributed by atoms with Crippen LogP contribution in [0.15, 0.2) is 45.7 Å². The van der Waals surface area contributed by atoms with Crippen LogP contribution in [0, 0.1) is 20.8 Å². The van der Waals surface area contributed by atoms with Crippen molar-refractivity contribution in [3.8, 4) is 0 Å². The van der Waals surface area contributed by atoms with Crippen LogP contribution in [0.2, 0.25) is 0 Å². The first-order chi connectivity index (χ1) is 12.8. The maximum atomic E-state index is 12.5. The lowest BCUT2D eigenvalue weighted by Crippen LogP contribution is -2.31. The maximum Gasteiger partial charge on any atom is 0.321 e. The van der Waals surface area contributed by atoms with E-state index in [-0.39, 0.29) is 17.4 Å². The molecule has 2 aromatic carbocycles. The van der Waals surface area contributed by atoms with Gasteiger partial charge < -0.3 is 9.15 Å². The van der Waals surface area contributed by atoms with Crippen LogP contribution in [-0.2, 0) is 26.2 Å². The number of rotatable bonds is 6. The molecule has 0 atom stereocenters. The second kappa shape index (κ2) is 7.50. The Morgan fingerprint density at radius 3 is 2.48 bits per heavy atom. The normalized spacial score (nSPS) is 11.7. The quantitative estimate of drug-likeness (QED) is 0.652. The predicted molar refractivity (Wildman–Crippen MR) is 99.6 cm³/mol. The Morgan fingerprint density at radius 2 is 1.81 bits per heavy atom. The molecule has 0 fully saturated rings. The van der Waals surface area contributed by atoms with Crippen molar-refractivity contribution in [2.45, 2.75) is 32.3 Å². The molecule has 142 valence electrons. The van der Waals surface area contributed by atoms with Crippen molar-refractivity contribution in [3.63, 3.8) is 0 Å². The minimum absolute atomic E-state index is 0.169. The number of fused-ring (bicyclic) bond motifs is 1. The van der Waals surface area contributed by atoms with E-state index in [1.807, 2.05) is 19.1 Å². The lowest BCUT2D eigenvalue weighted by Gasteiger charge is -2.12. The van der Waals surface area contributed by atoms with Gasteiger partial charge in [0, 0.05) is 0 Å². The fourth-order valence-corrected chi connectivity index (χ4v) is 4.41. The number of hydrogen-bond acceptors (Lipinski definition) is 6. The van der Waals surface area contributed by atoms with Gasteiger partial charge in [0.2, 0.25) is 15.9 Å². The number of ether oxygens (including phenoxy) is 1. The number of carbonyl (C=O) groups excluding carboxylic acids is 1. The molecular formula is C19H20N2O5S. The number of hydrogen-bond donors (Lipinski definition) is 1. The summed E-state index contributed by atoms with van der Waals surface area (Å²) in [6.07, 6.45) is 0. The molecule has 0 saturated heterocycles. The molecule has 0 bridgehead atoms. The predicted octanol–water partition coefficient (Wildman–Crippen LogP) is 2.77. The molecule has 7 nitrogen and oxygen atoms in total. The van der Waals surface area contributed by atoms with Gasteiger partial charge in [-0.25, -0.2) is 13.4 Å². The van der Waals surface area contributed by atoms with Gasteiger partial charge in [0.15, 0.2) is 12.2 Å². The fraction of sp³-hybridized carbons (Fsp3) is 0.263. The Kier molecular flexibility index (Phi) is 5.29. The molecule has 3 rings (SSSR count). The molecule has 1 N–H and O–H groups in total. The molecule has 0 aliphatic rings. The van der Waals surface area contributed by atoms with Gasteiger partial charge in [-0.15, -0.1) is 0 Å². The number of para-hydroxylation sites is 2. The van der Waals surface area contributed by atoms with Crippen LogP contribution in [0.25, 0.3) is 11.1 Å². The summed E-state index contributed by atoms with van der Waals surface area (Å²) in [7, 11) is -3.83. The third-order valence-electron chi connectivity index (χ3n) is 3.97. The minimum atomic E-state index is -3.83. The molecule has 1 heterocycles. The zero-order valence-electron chi connectivity index (χ0n) is 15.3. The summed E-state index contributed by atoms with van der Waals surface area (Å²) in [4.78, 5) is 16.3. The van der Waals surface area contributed by atoms with Crippen LogP contribution < -0.4 is 4.72 Å². The number of oxazole rings is 1. The Balaban J connectivity index is 1.61. The van der Waals surface area contributed by atoms with Crippen molar-refractivity contribution in [1.29, 1.82) is 0 Å². The summed E-state index contributed by atoms with van der Waals surface area (Å²) in [5.41, 5.74) is 3.48. The van der Waals surface area contributed by atoms with E-state index in [0.717, 1.165) is 5.56 Å². The molecule has 0 spiro atoms. The van der Waals surface area contributed by atoms with Crippen LogP contribution in [0.4, 0.5) is 0 Å². The summed E-state index contributed by atoms with van der Waals surface area (Å²) in [5.74, 6) is -0.471. The van der Waals surface area contributed by atoms with E-state index in [1.54, 1.807) is 38.1 Å². The van der Waals surface area contributed by atoms with E-state index in [2.05, 4.69) is 9.71 Å². The Bertz CT molecular complexity index is 1050. The average Bonchev–Trinajstić information content (AvgIpc) is 3.00. The number of nitrogens with one attached hydrogen (secondary N) is 1. The Labute approximate surface area is 157 Å². The number of aromatic nitrogens is 1. The highest BCUT2D eigenvalue weighted by atomic mass is 32.2. The second-order valence-electron chi connectivity index (χ2n) is 6.29. The van der Waals surface area contributed by atoms with Gasteiger partial charge in [-0.2, -0.15) is 4.72 Å². The molecule has 8 heteroatoms. The lowest BCUT2D eigenvalue weighted by atomic mass is 10.1. The standard InChI is InChI=1S/C19H20N2O5S/c1-12-8-13(2)19(14(3)9-12)27(23,24)20-10-18(22)25-11-17-21-15-6-4-5-7-16(15)26-17/h4-9,20H,10-11H2,1-3H3. The third kappa shape index (κ3) is 4.35. The fourth-order valence-electron chi connectivity index (χ4n) is 2.99. The van der Waals surface area contributed by atoms with E-state index in [0.29, 0.717) is 22.2 Å². The van der Waals surface area contributed by atoms with Crippen molar-refractivity contribution >= 4 is 27.1 Å². The molecule has 0 saturated carbocycles. The molecule has 27 heavy (non-hydrogen) atoms. The molecule has 0 aliphatic heterocycles. The lowest BCUT2D eigenvalue weighted by molar-refractivity contribution is -0.144. The summed E-state index contributed by atoms with van der Waals surface area (Å²) in [6, 6.07) is 10.7. The van der Waals surface area contributed by atoms with Gasteiger partial charge in [-0.1, -0.05) is 29.8 Å². The van der Waals surface area contributed by atoms with Crippen LogP contribution in [0.1, 0.15) is 22.6 Å². The van der Waals surface area contributed by atoms with Gasteiger partial charge in [-0.3, -0.25) is 4.79 Å². The maximum absolute atomic E-state index is 12.5. The number of carbonyl (C=O) groups is 1. The van der Waals surface area contributed by atoms with Gasteiger partial charge in [-0.05, 0) is 44.0 Å². The SMILES string of the molecule is Cc1cc(C)c(S(=O)(=O)NCC(=O)OCc2nc3ccccc3o2)c(C)c1. The molecule has 0 radical (unpaired) electrons. The van der Waals surface area contributed by atoms with Crippen molar-refractivity contribution in [2.75, 3.05) is 6.54 Å². The number of nitrogens with zero attached hydrogens (tertiary/aromatic N) is 1. The van der Waals surface area contributed by atoms with Crippen molar-refractivity contribution in [3.05, 3.63) is 59.0 Å². The molecular weight excluding hydrogens is 368 g/mol. The number of benzene rings is 2. The van der Waals surface area contributed by atoms with E-state index in [1.165, 1.54) is 0 Å². The van der Waals surface area contributed by atoms with E-state index in [4.69, 9.17) is 9.15 Å². The van der Waals surface area contributed by atoms with Crippen LogP contribution >= 0.6 is 0 Å². The number of esters is 1. The first-order valence-electron chi connectivity index (χ1n) is 8.34. The van der Waals surface area contributed by atoms with Gasteiger partial charge in [0.05, 0.1) is 4.90 Å². The van der Waals surface area contributed by atoms with Crippen molar-refractivity contribution < 1.29 is 22.4 Å². The summed E-state index contributed by atoms with van der Waals surface area (Å²) in [5, 5.41) is 0. The Hall–Kier alpha value is -2.71. The minimum Gasteiger partial charge on any atom is -0.455 e. The molecule has 0 unspecified atom stereocenters. The largest absolute Gasteiger partial charge is 0.455 e. The van der Waals surface area contributed by atoms with E-state index >= 15 is 0 Å². The van der Waals surface area contributed by atoms with Crippen LogP contribution in [0.5, 0.6) is 0 Å². The first kappa shape index (κ1) is 19.1. The zero-order chi connectivity index (χ0) is 19.6. The smallest absolute Gasteiger partial charge is 0.321 e. The van der Waals surface area contributed by atoms with E-state index in [9.17, 15) is 13.2 Å². The number of sulfonamides is 1. The second-order valence-corrected chi connectivity index (χ2v) is 7.99. The topological polar surface area (TPSA) is 98.5 Å². The van der Waals surface area contributed by atoms with E-state index < -0.39 is 22.5 Å². The summed E-state index contributed by atoms with van der Waals surface area (Å²) < 4.78 is 37.8. The summed E-state index contributed by atoms with van der Waals surface area (Å²) >= 11 is 0. The van der Waals surface area contributed by atoms with Crippen molar-refractivity contribution in [1.82, 2.24) is 9.71 Å². The highest BCUT2D eigenvalue weighted by molar-refractivity contribution is 7.89. The Morgan fingerprint density at radius 1 is 1.15 bits per heavy atom. The zero-order valence-corrected chi connectivity index (χ0v) is 16.1. The highest BCUT2D eigenvalue weighted by Gasteiger charge is 2.21. The number of aryl methyl sites for hydroxylation is 3. The average molecular weight is 388 g/mol. The third-order valence-corrected chi connectivity index (χ3v) is 5.68. The molecule has 1 aromatic heterocycles. The van der Waals surface area contributed by atoms with Gasteiger partial charge >= 0.3 is 5.97 Å². The highest BCUT2D eigenvalue weighted by Crippen LogP contribution is 2.21. The molecule has 3 aromatic rings. The molecule has 0 amide bonds. The van der Waals surface area contributed by atoms with Crippen molar-refractivity contribution in [2.24, 2.45) is 0 Å².